The minimum atomic E-state index is -0.0500. The third kappa shape index (κ3) is 3.36. The van der Waals surface area contributed by atoms with E-state index >= 15 is 0 Å². The van der Waals surface area contributed by atoms with E-state index in [9.17, 15) is 10.2 Å². The number of fused-ring (bicyclic) bond motifs is 1. The molecule has 0 amide bonds. The van der Waals surface area contributed by atoms with Crippen LogP contribution >= 0.6 is 0 Å². The van der Waals surface area contributed by atoms with E-state index in [-0.39, 0.29) is 12.4 Å². The molecule has 2 heterocycles. The second-order valence-electron chi connectivity index (χ2n) is 7.23. The number of phenols is 1. The zero-order chi connectivity index (χ0) is 20.5. The number of para-hydroxylation sites is 1. The molecule has 5 aromatic rings. The molecule has 5 nitrogen and oxygen atoms in total. The van der Waals surface area contributed by atoms with Crippen molar-refractivity contribution >= 4 is 10.9 Å². The van der Waals surface area contributed by atoms with Gasteiger partial charge in [-0.05, 0) is 35.4 Å². The van der Waals surface area contributed by atoms with Gasteiger partial charge in [-0.15, -0.1) is 0 Å². The number of aliphatic hydroxyl groups is 1. The molecule has 5 heteroatoms. The average Bonchev–Trinajstić information content (AvgIpc) is 3.39. The number of aromatic nitrogens is 2. The molecule has 0 fully saturated rings. The monoisotopic (exact) mass is 396 g/mol. The molecule has 0 spiro atoms. The first kappa shape index (κ1) is 18.2. The number of aliphatic hydroxyl groups excluding tert-OH is 1. The Morgan fingerprint density at radius 3 is 2.60 bits per heavy atom. The second kappa shape index (κ2) is 7.54. The molecule has 3 N–H and O–H groups in total. The number of benzene rings is 3. The Morgan fingerprint density at radius 2 is 1.73 bits per heavy atom. The molecule has 3 aromatic carbocycles. The van der Waals surface area contributed by atoms with Crippen LogP contribution in [0.4, 0.5) is 0 Å². The van der Waals surface area contributed by atoms with E-state index in [1.54, 1.807) is 18.2 Å². The average molecular weight is 396 g/mol. The molecule has 0 bridgehead atoms. The number of hydrogen-bond acceptors (Lipinski definition) is 4. The second-order valence-corrected chi connectivity index (χ2v) is 7.23. The lowest BCUT2D eigenvalue weighted by Gasteiger charge is -2.04. The van der Waals surface area contributed by atoms with Gasteiger partial charge in [-0.1, -0.05) is 48.5 Å². The highest BCUT2D eigenvalue weighted by Gasteiger charge is 2.19. The zero-order valence-corrected chi connectivity index (χ0v) is 16.2. The van der Waals surface area contributed by atoms with E-state index in [0.29, 0.717) is 23.8 Å². The number of aromatic amines is 1. The van der Waals surface area contributed by atoms with Gasteiger partial charge in [0.1, 0.15) is 11.4 Å². The fraction of sp³-hybridized carbons (Fsp3) is 0.0800. The summed E-state index contributed by atoms with van der Waals surface area (Å²) in [6.07, 6.45) is 2.52. The Balaban J connectivity index is 1.62. The van der Waals surface area contributed by atoms with Crippen molar-refractivity contribution in [2.75, 3.05) is 0 Å². The van der Waals surface area contributed by atoms with Crippen molar-refractivity contribution in [1.82, 2.24) is 9.97 Å². The number of aromatic hydroxyl groups is 1. The normalized spacial score (nSPS) is 11.2. The lowest BCUT2D eigenvalue weighted by Crippen LogP contribution is -1.87. The summed E-state index contributed by atoms with van der Waals surface area (Å²) in [4.78, 5) is 8.07. The van der Waals surface area contributed by atoms with Crippen LogP contribution in [0.3, 0.4) is 0 Å². The molecule has 5 rings (SSSR count). The number of phenolic OH excluding ortho intramolecular Hbond substituents is 1. The van der Waals surface area contributed by atoms with Gasteiger partial charge in [0.2, 0.25) is 0 Å². The molecule has 30 heavy (non-hydrogen) atoms. The van der Waals surface area contributed by atoms with Crippen LogP contribution in [0.15, 0.2) is 83.4 Å². The van der Waals surface area contributed by atoms with Gasteiger partial charge in [0, 0.05) is 28.2 Å². The van der Waals surface area contributed by atoms with Crippen LogP contribution in [0.2, 0.25) is 0 Å². The Labute approximate surface area is 173 Å². The predicted molar refractivity (Wildman–Crippen MR) is 116 cm³/mol. The number of nitrogens with one attached hydrogen (secondary N) is 1. The largest absolute Gasteiger partial charge is 0.508 e. The molecular weight excluding hydrogens is 376 g/mol. The number of nitrogens with zero attached hydrogens (tertiary/aromatic N) is 1. The number of H-pyrrole nitrogens is 1. The maximum absolute atomic E-state index is 9.96. The Morgan fingerprint density at radius 1 is 0.900 bits per heavy atom. The zero-order valence-electron chi connectivity index (χ0n) is 16.2. The highest BCUT2D eigenvalue weighted by molar-refractivity contribution is 5.83. The van der Waals surface area contributed by atoms with E-state index in [1.807, 2.05) is 54.7 Å². The molecule has 148 valence electrons. The van der Waals surface area contributed by atoms with Crippen LogP contribution in [0.1, 0.15) is 17.0 Å². The summed E-state index contributed by atoms with van der Waals surface area (Å²) in [5, 5.41) is 20.6. The summed E-state index contributed by atoms with van der Waals surface area (Å²) < 4.78 is 6.23. The molecule has 0 aliphatic carbocycles. The first-order valence-electron chi connectivity index (χ1n) is 9.75. The first-order chi connectivity index (χ1) is 14.7. The molecular formula is C25H20N2O3. The van der Waals surface area contributed by atoms with Crippen molar-refractivity contribution in [1.29, 1.82) is 0 Å². The van der Waals surface area contributed by atoms with Crippen molar-refractivity contribution in [3.8, 4) is 28.3 Å². The lowest BCUT2D eigenvalue weighted by atomic mass is 10.0. The van der Waals surface area contributed by atoms with Gasteiger partial charge in [0.25, 0.3) is 0 Å². The number of oxazole rings is 1. The van der Waals surface area contributed by atoms with Gasteiger partial charge in [-0.2, -0.15) is 0 Å². The van der Waals surface area contributed by atoms with Crippen LogP contribution < -0.4 is 0 Å². The topological polar surface area (TPSA) is 82.3 Å². The summed E-state index contributed by atoms with van der Waals surface area (Å²) in [6, 6.07) is 22.7. The number of rotatable bonds is 5. The van der Waals surface area contributed by atoms with E-state index < -0.39 is 0 Å². The molecule has 0 atom stereocenters. The Hall–Kier alpha value is -3.83. The van der Waals surface area contributed by atoms with Gasteiger partial charge < -0.3 is 19.6 Å². The first-order valence-corrected chi connectivity index (χ1v) is 9.75. The molecule has 0 saturated heterocycles. The maximum atomic E-state index is 9.96. The van der Waals surface area contributed by atoms with Crippen LogP contribution in [0.5, 0.6) is 5.75 Å². The summed E-state index contributed by atoms with van der Waals surface area (Å²) in [7, 11) is 0. The smallest absolute Gasteiger partial charge is 0.200 e. The van der Waals surface area contributed by atoms with Crippen LogP contribution in [-0.4, -0.2) is 20.2 Å². The molecule has 0 aliphatic rings. The Kier molecular flexibility index (Phi) is 4.58. The van der Waals surface area contributed by atoms with E-state index in [4.69, 9.17) is 9.40 Å². The minimum Gasteiger partial charge on any atom is -0.508 e. The summed E-state index contributed by atoms with van der Waals surface area (Å²) in [5.74, 6) is 1.37. The summed E-state index contributed by atoms with van der Waals surface area (Å²) in [5.41, 5.74) is 5.23. The van der Waals surface area contributed by atoms with Gasteiger partial charge in [-0.25, -0.2) is 4.98 Å². The molecule has 0 unspecified atom stereocenters. The lowest BCUT2D eigenvalue weighted by molar-refractivity contribution is 0.282. The van der Waals surface area contributed by atoms with E-state index in [2.05, 4.69) is 11.1 Å². The molecule has 2 aromatic heterocycles. The van der Waals surface area contributed by atoms with Crippen LogP contribution in [0.25, 0.3) is 33.5 Å². The SMILES string of the molecule is OCc1cccc(-c2oc(Cc3c[nH]c4ccccc34)nc2-c2cccc(O)c2)c1. The van der Waals surface area contributed by atoms with Crippen LogP contribution in [0, 0.1) is 0 Å². The molecule has 0 saturated carbocycles. The van der Waals surface area contributed by atoms with Crippen molar-refractivity contribution in [3.63, 3.8) is 0 Å². The van der Waals surface area contributed by atoms with Crippen molar-refractivity contribution in [2.45, 2.75) is 13.0 Å². The maximum Gasteiger partial charge on any atom is 0.200 e. The Bertz CT molecular complexity index is 1330. The highest BCUT2D eigenvalue weighted by atomic mass is 16.4. The third-order valence-corrected chi connectivity index (χ3v) is 5.18. The predicted octanol–water partition coefficient (Wildman–Crippen LogP) is 5.28. The fourth-order valence-corrected chi connectivity index (χ4v) is 3.74. The summed E-state index contributed by atoms with van der Waals surface area (Å²) in [6.45, 7) is -0.0500. The van der Waals surface area contributed by atoms with Crippen molar-refractivity contribution in [2.24, 2.45) is 0 Å². The minimum absolute atomic E-state index is 0.0500. The molecule has 0 aliphatic heterocycles. The summed E-state index contributed by atoms with van der Waals surface area (Å²) >= 11 is 0. The number of hydrogen-bond donors (Lipinski definition) is 3. The van der Waals surface area contributed by atoms with Gasteiger partial charge in [0.15, 0.2) is 11.7 Å². The van der Waals surface area contributed by atoms with Gasteiger partial charge in [0.05, 0.1) is 13.0 Å². The van der Waals surface area contributed by atoms with E-state index in [1.165, 1.54) is 0 Å². The van der Waals surface area contributed by atoms with E-state index in [0.717, 1.165) is 33.2 Å². The molecule has 0 radical (unpaired) electrons. The standard InChI is InChI=1S/C25H20N2O3/c28-15-16-5-3-7-18(11-16)25-24(17-6-4-8-20(29)12-17)27-23(30-25)13-19-14-26-22-10-2-1-9-21(19)22/h1-12,14,26,28-29H,13,15H2. The van der Waals surface area contributed by atoms with Crippen molar-refractivity contribution < 1.29 is 14.6 Å². The quantitative estimate of drug-likeness (QED) is 0.378. The van der Waals surface area contributed by atoms with Gasteiger partial charge in [-0.3, -0.25) is 0 Å². The van der Waals surface area contributed by atoms with Crippen LogP contribution in [-0.2, 0) is 13.0 Å². The van der Waals surface area contributed by atoms with Crippen molar-refractivity contribution in [3.05, 3.63) is 96.0 Å². The highest BCUT2D eigenvalue weighted by Crippen LogP contribution is 2.35. The fourth-order valence-electron chi connectivity index (χ4n) is 3.74. The van der Waals surface area contributed by atoms with Gasteiger partial charge >= 0.3 is 0 Å². The third-order valence-electron chi connectivity index (χ3n) is 5.18.